The average molecular weight is 448 g/mol. The van der Waals surface area contributed by atoms with Crippen molar-refractivity contribution >= 4 is 27.4 Å². The number of unbranched alkanes of at least 4 members (excludes halogenated alkanes) is 1. The maximum atomic E-state index is 12.9. The number of nitrogens with one attached hydrogen (secondary N) is 3. The van der Waals surface area contributed by atoms with E-state index in [1.807, 2.05) is 4.90 Å². The summed E-state index contributed by atoms with van der Waals surface area (Å²) in [6.45, 7) is 5.64. The minimum Gasteiger partial charge on any atom is -0.497 e. The molecule has 0 atom stereocenters. The number of sulfonamides is 1. The molecule has 9 nitrogen and oxygen atoms in total. The second-order valence-corrected chi connectivity index (χ2v) is 8.91. The first-order valence-corrected chi connectivity index (χ1v) is 11.8. The lowest BCUT2D eigenvalue weighted by molar-refractivity contribution is 0.0953. The molecule has 0 aliphatic carbocycles. The van der Waals surface area contributed by atoms with Crippen molar-refractivity contribution in [1.29, 1.82) is 0 Å². The van der Waals surface area contributed by atoms with E-state index in [9.17, 15) is 13.2 Å². The van der Waals surface area contributed by atoms with E-state index in [1.54, 1.807) is 18.2 Å². The molecule has 1 aliphatic heterocycles. The molecule has 10 heteroatoms. The quantitative estimate of drug-likeness (QED) is 0.503. The van der Waals surface area contributed by atoms with Crippen LogP contribution in [0.5, 0.6) is 5.75 Å². The van der Waals surface area contributed by atoms with Gasteiger partial charge in [-0.2, -0.15) is 0 Å². The Kier molecular flexibility index (Phi) is 7.69. The van der Waals surface area contributed by atoms with Crippen molar-refractivity contribution < 1.29 is 17.9 Å². The van der Waals surface area contributed by atoms with Gasteiger partial charge in [-0.05, 0) is 36.8 Å². The predicted octanol–water partition coefficient (Wildman–Crippen LogP) is 1.83. The minimum atomic E-state index is -3.84. The van der Waals surface area contributed by atoms with E-state index < -0.39 is 10.0 Å². The Morgan fingerprint density at radius 2 is 1.94 bits per heavy atom. The van der Waals surface area contributed by atoms with Gasteiger partial charge in [0.05, 0.1) is 29.5 Å². The molecular formula is C21H29N5O4S. The van der Waals surface area contributed by atoms with Crippen LogP contribution in [0, 0.1) is 0 Å². The zero-order chi connectivity index (χ0) is 22.3. The summed E-state index contributed by atoms with van der Waals surface area (Å²) in [7, 11) is -2.33. The number of rotatable bonds is 9. The van der Waals surface area contributed by atoms with Gasteiger partial charge >= 0.3 is 0 Å². The summed E-state index contributed by atoms with van der Waals surface area (Å²) < 4.78 is 33.2. The lowest BCUT2D eigenvalue weighted by Crippen LogP contribution is -2.44. The molecule has 1 amide bonds. The van der Waals surface area contributed by atoms with Gasteiger partial charge in [-0.15, -0.1) is 0 Å². The number of hydrogen-bond donors (Lipinski definition) is 3. The fourth-order valence-electron chi connectivity index (χ4n) is 3.25. The van der Waals surface area contributed by atoms with Crippen molar-refractivity contribution in [3.8, 4) is 5.75 Å². The lowest BCUT2D eigenvalue weighted by atomic mass is 10.2. The van der Waals surface area contributed by atoms with Crippen LogP contribution in [0.25, 0.3) is 0 Å². The van der Waals surface area contributed by atoms with Gasteiger partial charge < -0.3 is 20.3 Å². The van der Waals surface area contributed by atoms with Crippen LogP contribution >= 0.6 is 0 Å². The Morgan fingerprint density at radius 3 is 2.58 bits per heavy atom. The normalized spacial score (nSPS) is 14.2. The Morgan fingerprint density at radius 1 is 1.23 bits per heavy atom. The van der Waals surface area contributed by atoms with Crippen molar-refractivity contribution in [2.45, 2.75) is 24.7 Å². The number of nitrogens with zero attached hydrogens (tertiary/aromatic N) is 2. The molecule has 0 spiro atoms. The van der Waals surface area contributed by atoms with Gasteiger partial charge in [0.1, 0.15) is 11.6 Å². The summed E-state index contributed by atoms with van der Waals surface area (Å²) in [4.78, 5) is 19.4. The number of pyridine rings is 1. The molecular weight excluding hydrogens is 418 g/mol. The molecule has 2 heterocycles. The number of anilines is 2. The van der Waals surface area contributed by atoms with Crippen LogP contribution in [-0.4, -0.2) is 59.1 Å². The van der Waals surface area contributed by atoms with Gasteiger partial charge in [0.2, 0.25) is 0 Å². The highest BCUT2D eigenvalue weighted by Gasteiger charge is 2.22. The summed E-state index contributed by atoms with van der Waals surface area (Å²) in [5, 5.41) is 6.17. The van der Waals surface area contributed by atoms with Crippen molar-refractivity contribution in [3.63, 3.8) is 0 Å². The lowest BCUT2D eigenvalue weighted by Gasteiger charge is -2.30. The van der Waals surface area contributed by atoms with E-state index >= 15 is 0 Å². The Bertz CT molecular complexity index is 989. The zero-order valence-corrected chi connectivity index (χ0v) is 18.7. The molecule has 0 radical (unpaired) electrons. The van der Waals surface area contributed by atoms with Gasteiger partial charge in [0, 0.05) is 32.7 Å². The average Bonchev–Trinajstić information content (AvgIpc) is 2.79. The van der Waals surface area contributed by atoms with Crippen LogP contribution in [0.15, 0.2) is 41.4 Å². The van der Waals surface area contributed by atoms with Crippen molar-refractivity contribution in [3.05, 3.63) is 42.1 Å². The van der Waals surface area contributed by atoms with Gasteiger partial charge in [0.15, 0.2) is 0 Å². The van der Waals surface area contributed by atoms with Gasteiger partial charge in [-0.25, -0.2) is 13.4 Å². The van der Waals surface area contributed by atoms with Gasteiger partial charge in [-0.3, -0.25) is 9.52 Å². The monoisotopic (exact) mass is 447 g/mol. The third-order valence-electron chi connectivity index (χ3n) is 4.97. The molecule has 2 aromatic rings. The number of piperazine rings is 1. The zero-order valence-electron chi connectivity index (χ0n) is 17.8. The Balaban J connectivity index is 1.87. The van der Waals surface area contributed by atoms with Crippen molar-refractivity contribution in [2.24, 2.45) is 0 Å². The molecule has 1 aromatic carbocycles. The maximum Gasteiger partial charge on any atom is 0.261 e. The second kappa shape index (κ2) is 10.5. The minimum absolute atomic E-state index is 0.0911. The summed E-state index contributed by atoms with van der Waals surface area (Å²) in [5.74, 6) is 0.856. The fraction of sp³-hybridized carbons (Fsp3) is 0.429. The number of hydrogen-bond acceptors (Lipinski definition) is 7. The number of carbonyl (C=O) groups is 1. The first kappa shape index (κ1) is 22.8. The number of methoxy groups -OCH3 is 1. The number of aromatic nitrogens is 1. The van der Waals surface area contributed by atoms with E-state index in [1.165, 1.54) is 25.4 Å². The van der Waals surface area contributed by atoms with Crippen molar-refractivity contribution in [2.75, 3.05) is 49.5 Å². The third kappa shape index (κ3) is 5.86. The van der Waals surface area contributed by atoms with Crippen molar-refractivity contribution in [1.82, 2.24) is 15.6 Å². The molecule has 1 aliphatic rings. The van der Waals surface area contributed by atoms with E-state index in [-0.39, 0.29) is 16.5 Å². The molecule has 3 rings (SSSR count). The van der Waals surface area contributed by atoms with E-state index in [2.05, 4.69) is 27.3 Å². The third-order valence-corrected chi connectivity index (χ3v) is 6.36. The summed E-state index contributed by atoms with van der Waals surface area (Å²) >= 11 is 0. The first-order valence-electron chi connectivity index (χ1n) is 10.4. The predicted molar refractivity (Wildman–Crippen MR) is 120 cm³/mol. The molecule has 0 unspecified atom stereocenters. The molecule has 1 aromatic heterocycles. The maximum absolute atomic E-state index is 12.9. The summed E-state index contributed by atoms with van der Waals surface area (Å²) in [6, 6.07) is 7.62. The standard InChI is InChI=1S/C21H29N5O4S/c1-3-4-9-23-21(27)19-14-16(15-24-20(19)26-12-10-22-11-13-26)25-31(28,29)18-7-5-17(30-2)6-8-18/h5-8,14-15,22,25H,3-4,9-13H2,1-2H3,(H,23,27). The Hall–Kier alpha value is -2.85. The largest absolute Gasteiger partial charge is 0.497 e. The molecule has 0 bridgehead atoms. The highest BCUT2D eigenvalue weighted by atomic mass is 32.2. The van der Waals surface area contributed by atoms with Crippen LogP contribution < -0.4 is 25.0 Å². The summed E-state index contributed by atoms with van der Waals surface area (Å²) in [6.07, 6.45) is 3.28. The molecule has 3 N–H and O–H groups in total. The first-order chi connectivity index (χ1) is 14.9. The molecule has 1 saturated heterocycles. The second-order valence-electron chi connectivity index (χ2n) is 7.22. The molecule has 0 saturated carbocycles. The topological polar surface area (TPSA) is 113 Å². The van der Waals surface area contributed by atoms with Gasteiger partial charge in [-0.1, -0.05) is 13.3 Å². The van der Waals surface area contributed by atoms with Crippen LogP contribution in [-0.2, 0) is 10.0 Å². The molecule has 168 valence electrons. The number of amides is 1. The number of ether oxygens (including phenoxy) is 1. The van der Waals surface area contributed by atoms with Crippen LogP contribution in [0.1, 0.15) is 30.1 Å². The molecule has 31 heavy (non-hydrogen) atoms. The van der Waals surface area contributed by atoms with E-state index in [4.69, 9.17) is 4.74 Å². The van der Waals surface area contributed by atoms with E-state index in [0.29, 0.717) is 23.7 Å². The SMILES string of the molecule is CCCCNC(=O)c1cc(NS(=O)(=O)c2ccc(OC)cc2)cnc1N1CCNCC1. The van der Waals surface area contributed by atoms with Crippen LogP contribution in [0.2, 0.25) is 0 Å². The number of carbonyl (C=O) groups excluding carboxylic acids is 1. The Labute approximate surface area is 183 Å². The van der Waals surface area contributed by atoms with E-state index in [0.717, 1.165) is 39.0 Å². The smallest absolute Gasteiger partial charge is 0.261 e. The number of benzene rings is 1. The molecule has 1 fully saturated rings. The fourth-order valence-corrected chi connectivity index (χ4v) is 4.29. The van der Waals surface area contributed by atoms with Crippen LogP contribution in [0.4, 0.5) is 11.5 Å². The summed E-state index contributed by atoms with van der Waals surface area (Å²) in [5.41, 5.74) is 0.586. The van der Waals surface area contributed by atoms with Crippen LogP contribution in [0.3, 0.4) is 0 Å². The highest BCUT2D eigenvalue weighted by molar-refractivity contribution is 7.92. The highest BCUT2D eigenvalue weighted by Crippen LogP contribution is 2.24. The van der Waals surface area contributed by atoms with Gasteiger partial charge in [0.25, 0.3) is 15.9 Å².